The van der Waals surface area contributed by atoms with E-state index in [2.05, 4.69) is 15.3 Å². The first kappa shape index (κ1) is 27.0. The van der Waals surface area contributed by atoms with Gasteiger partial charge < -0.3 is 19.9 Å². The van der Waals surface area contributed by atoms with Crippen molar-refractivity contribution in [3.05, 3.63) is 47.3 Å². The van der Waals surface area contributed by atoms with Gasteiger partial charge in [-0.15, -0.1) is 0 Å². The summed E-state index contributed by atoms with van der Waals surface area (Å²) in [5.74, 6) is 0.115. The number of ether oxygens (including phenoxy) is 1. The molecule has 0 spiro atoms. The third kappa shape index (κ3) is 6.98. The fourth-order valence-corrected chi connectivity index (χ4v) is 4.27. The number of amides is 1. The highest BCUT2D eigenvalue weighted by atomic mass is 19.4. The van der Waals surface area contributed by atoms with Crippen LogP contribution in [0.1, 0.15) is 43.5 Å². The summed E-state index contributed by atoms with van der Waals surface area (Å²) in [7, 11) is 2.01. The number of aryl methyl sites for hydroxylation is 1. The van der Waals surface area contributed by atoms with Gasteiger partial charge in [-0.1, -0.05) is 0 Å². The standard InChI is InChI=1S/C25H36F3N5O2/c1-5-33-19(2)20(18-30-33)17-29-12-6-11-24(3,23(34)32-15-13-31(4)14-16-32)35-22-9-7-21(8-10-22)25(26,27)28/h7-10,18,29H,5-6,11-17H2,1-4H3. The molecular formula is C25H36F3N5O2. The molecule has 35 heavy (non-hydrogen) atoms. The van der Waals surface area contributed by atoms with Crippen LogP contribution in [0.4, 0.5) is 13.2 Å². The Kier molecular flexibility index (Phi) is 8.82. The summed E-state index contributed by atoms with van der Waals surface area (Å²) in [6, 6.07) is 4.53. The van der Waals surface area contributed by atoms with Crippen molar-refractivity contribution < 1.29 is 22.7 Å². The third-order valence-corrected chi connectivity index (χ3v) is 6.59. The normalized spacial score (nSPS) is 16.8. The van der Waals surface area contributed by atoms with Crippen molar-refractivity contribution in [3.8, 4) is 5.75 Å². The summed E-state index contributed by atoms with van der Waals surface area (Å²) < 4.78 is 46.9. The van der Waals surface area contributed by atoms with Crippen molar-refractivity contribution in [2.45, 2.75) is 58.5 Å². The second kappa shape index (κ2) is 11.4. The maximum atomic E-state index is 13.5. The number of aromatic nitrogens is 2. The number of hydrogen-bond donors (Lipinski definition) is 1. The molecule has 1 fully saturated rings. The van der Waals surface area contributed by atoms with Crippen molar-refractivity contribution >= 4 is 5.91 Å². The molecule has 1 aliphatic heterocycles. The number of halogens is 3. The second-order valence-electron chi connectivity index (χ2n) is 9.30. The first-order valence-electron chi connectivity index (χ1n) is 12.1. The van der Waals surface area contributed by atoms with Gasteiger partial charge in [0.15, 0.2) is 5.60 Å². The topological polar surface area (TPSA) is 62.6 Å². The van der Waals surface area contributed by atoms with Crippen LogP contribution in [0.3, 0.4) is 0 Å². The lowest BCUT2D eigenvalue weighted by Gasteiger charge is -2.39. The molecule has 1 atom stereocenters. The summed E-state index contributed by atoms with van der Waals surface area (Å²) in [6.45, 7) is 10.7. The molecule has 1 amide bonds. The van der Waals surface area contributed by atoms with Crippen LogP contribution < -0.4 is 10.1 Å². The second-order valence-corrected chi connectivity index (χ2v) is 9.30. The Morgan fingerprint density at radius 2 is 1.80 bits per heavy atom. The Bertz CT molecular complexity index is 968. The van der Waals surface area contributed by atoms with Gasteiger partial charge in [0.25, 0.3) is 5.91 Å². The zero-order chi connectivity index (χ0) is 25.6. The molecule has 1 N–H and O–H groups in total. The summed E-state index contributed by atoms with van der Waals surface area (Å²) in [6.07, 6.45) is -1.47. The molecule has 2 heterocycles. The van der Waals surface area contributed by atoms with Gasteiger partial charge in [-0.05, 0) is 71.5 Å². The molecule has 0 aliphatic carbocycles. The first-order valence-corrected chi connectivity index (χ1v) is 12.1. The average Bonchev–Trinajstić information content (AvgIpc) is 3.18. The molecule has 1 saturated heterocycles. The summed E-state index contributed by atoms with van der Waals surface area (Å²) in [5.41, 5.74) is 0.327. The molecule has 0 radical (unpaired) electrons. The number of carbonyl (C=O) groups excluding carboxylic acids is 1. The molecule has 1 unspecified atom stereocenters. The summed E-state index contributed by atoms with van der Waals surface area (Å²) >= 11 is 0. The lowest BCUT2D eigenvalue weighted by atomic mass is 9.96. The molecule has 0 saturated carbocycles. The van der Waals surface area contributed by atoms with Crippen LogP contribution in [-0.4, -0.2) is 70.9 Å². The molecule has 1 aromatic carbocycles. The van der Waals surface area contributed by atoms with Gasteiger partial charge in [0.05, 0.1) is 11.8 Å². The van der Waals surface area contributed by atoms with Gasteiger partial charge in [-0.2, -0.15) is 18.3 Å². The number of alkyl halides is 3. The minimum atomic E-state index is -4.42. The highest BCUT2D eigenvalue weighted by Gasteiger charge is 2.39. The van der Waals surface area contributed by atoms with Crippen molar-refractivity contribution in [1.82, 2.24) is 24.9 Å². The smallest absolute Gasteiger partial charge is 0.416 e. The van der Waals surface area contributed by atoms with E-state index in [-0.39, 0.29) is 11.7 Å². The predicted molar refractivity (Wildman–Crippen MR) is 128 cm³/mol. The molecule has 10 heteroatoms. The maximum Gasteiger partial charge on any atom is 0.416 e. The van der Waals surface area contributed by atoms with E-state index in [9.17, 15) is 18.0 Å². The maximum absolute atomic E-state index is 13.5. The van der Waals surface area contributed by atoms with E-state index in [4.69, 9.17) is 4.74 Å². The van der Waals surface area contributed by atoms with Crippen LogP contribution >= 0.6 is 0 Å². The van der Waals surface area contributed by atoms with E-state index < -0.39 is 17.3 Å². The number of hydrogen-bond acceptors (Lipinski definition) is 5. The fraction of sp³-hybridized carbons (Fsp3) is 0.600. The number of nitrogens with zero attached hydrogens (tertiary/aromatic N) is 4. The minimum Gasteiger partial charge on any atom is -0.478 e. The highest BCUT2D eigenvalue weighted by Crippen LogP contribution is 2.32. The number of rotatable bonds is 10. The number of carbonyl (C=O) groups is 1. The van der Waals surface area contributed by atoms with Gasteiger partial charge in [0.1, 0.15) is 5.75 Å². The van der Waals surface area contributed by atoms with Crippen LogP contribution in [0.5, 0.6) is 5.75 Å². The molecule has 1 aromatic heterocycles. The largest absolute Gasteiger partial charge is 0.478 e. The van der Waals surface area contributed by atoms with E-state index in [1.54, 1.807) is 11.8 Å². The summed E-state index contributed by atoms with van der Waals surface area (Å²) in [4.78, 5) is 17.4. The van der Waals surface area contributed by atoms with Gasteiger partial charge in [0.2, 0.25) is 0 Å². The molecule has 7 nitrogen and oxygen atoms in total. The van der Waals surface area contributed by atoms with Crippen LogP contribution in [0.2, 0.25) is 0 Å². The quantitative estimate of drug-likeness (QED) is 0.509. The van der Waals surface area contributed by atoms with E-state index in [1.165, 1.54) is 12.1 Å². The third-order valence-electron chi connectivity index (χ3n) is 6.59. The first-order chi connectivity index (χ1) is 16.5. The van der Waals surface area contributed by atoms with E-state index in [0.29, 0.717) is 39.0 Å². The Labute approximate surface area is 205 Å². The van der Waals surface area contributed by atoms with Gasteiger partial charge in [0, 0.05) is 50.5 Å². The lowest BCUT2D eigenvalue weighted by molar-refractivity contribution is -0.149. The monoisotopic (exact) mass is 495 g/mol. The molecular weight excluding hydrogens is 459 g/mol. The Balaban J connectivity index is 1.64. The zero-order valence-corrected chi connectivity index (χ0v) is 21.0. The Morgan fingerprint density at radius 1 is 1.14 bits per heavy atom. The Morgan fingerprint density at radius 3 is 2.37 bits per heavy atom. The molecule has 194 valence electrons. The van der Waals surface area contributed by atoms with E-state index in [1.807, 2.05) is 31.8 Å². The SMILES string of the molecule is CCn1ncc(CNCCCC(C)(Oc2ccc(C(F)(F)F)cc2)C(=O)N2CCN(C)CC2)c1C. The average molecular weight is 496 g/mol. The molecule has 0 bridgehead atoms. The number of piperazine rings is 1. The van der Waals surface area contributed by atoms with E-state index >= 15 is 0 Å². The Hall–Kier alpha value is -2.59. The van der Waals surface area contributed by atoms with E-state index in [0.717, 1.165) is 43.0 Å². The van der Waals surface area contributed by atoms with Crippen LogP contribution in [0.25, 0.3) is 0 Å². The van der Waals surface area contributed by atoms with Gasteiger partial charge in [-0.3, -0.25) is 9.48 Å². The number of likely N-dealkylation sites (N-methyl/N-ethyl adjacent to an activating group) is 1. The van der Waals surface area contributed by atoms with Crippen LogP contribution in [0, 0.1) is 6.92 Å². The number of nitrogens with one attached hydrogen (secondary N) is 1. The number of benzene rings is 1. The fourth-order valence-electron chi connectivity index (χ4n) is 4.27. The van der Waals surface area contributed by atoms with Gasteiger partial charge >= 0.3 is 6.18 Å². The molecule has 3 rings (SSSR count). The highest BCUT2D eigenvalue weighted by molar-refractivity contribution is 5.85. The molecule has 1 aliphatic rings. The zero-order valence-electron chi connectivity index (χ0n) is 21.0. The minimum absolute atomic E-state index is 0.134. The van der Waals surface area contributed by atoms with Crippen molar-refractivity contribution in [2.75, 3.05) is 39.8 Å². The van der Waals surface area contributed by atoms with Crippen molar-refractivity contribution in [3.63, 3.8) is 0 Å². The predicted octanol–water partition coefficient (Wildman–Crippen LogP) is 3.71. The van der Waals surface area contributed by atoms with Crippen LogP contribution in [0.15, 0.2) is 30.5 Å². The summed E-state index contributed by atoms with van der Waals surface area (Å²) in [5, 5.41) is 7.75. The lowest BCUT2D eigenvalue weighted by Crippen LogP contribution is -2.56. The van der Waals surface area contributed by atoms with Crippen molar-refractivity contribution in [2.24, 2.45) is 0 Å². The van der Waals surface area contributed by atoms with Crippen molar-refractivity contribution in [1.29, 1.82) is 0 Å². The molecule has 2 aromatic rings. The van der Waals surface area contributed by atoms with Gasteiger partial charge in [-0.25, -0.2) is 0 Å². The van der Waals surface area contributed by atoms with Crippen LogP contribution in [-0.2, 0) is 24.1 Å².